The Bertz CT molecular complexity index is 676. The first-order valence-electron chi connectivity index (χ1n) is 7.02. The van der Waals surface area contributed by atoms with Crippen LogP contribution in [0.2, 0.25) is 0 Å². The van der Waals surface area contributed by atoms with E-state index in [0.717, 1.165) is 12.0 Å². The first-order chi connectivity index (χ1) is 9.96. The van der Waals surface area contributed by atoms with E-state index in [4.69, 9.17) is 0 Å². The minimum absolute atomic E-state index is 0.238. The van der Waals surface area contributed by atoms with Crippen molar-refractivity contribution in [1.29, 1.82) is 0 Å². The molecule has 2 unspecified atom stereocenters. The van der Waals surface area contributed by atoms with Crippen LogP contribution < -0.4 is 0 Å². The molecule has 0 aliphatic carbocycles. The predicted octanol–water partition coefficient (Wildman–Crippen LogP) is 3.14. The molecule has 0 radical (unpaired) electrons. The minimum Gasteiger partial charge on any atom is -0.387 e. The van der Waals surface area contributed by atoms with Crippen LogP contribution in [0.5, 0.6) is 0 Å². The molecule has 112 valence electrons. The third-order valence-corrected chi connectivity index (χ3v) is 5.90. The molecular weight excluding hydrogens is 284 g/mol. The summed E-state index contributed by atoms with van der Waals surface area (Å²) < 4.78 is 25.0. The highest BCUT2D eigenvalue weighted by molar-refractivity contribution is 7.92. The van der Waals surface area contributed by atoms with E-state index < -0.39 is 21.2 Å². The fourth-order valence-corrected chi connectivity index (χ4v) is 3.68. The van der Waals surface area contributed by atoms with Gasteiger partial charge in [0, 0.05) is 0 Å². The minimum atomic E-state index is -3.55. The first kappa shape index (κ1) is 15.7. The van der Waals surface area contributed by atoms with Crippen molar-refractivity contribution in [2.75, 3.05) is 0 Å². The molecule has 0 aromatic heterocycles. The van der Waals surface area contributed by atoms with Crippen LogP contribution in [0.25, 0.3) is 0 Å². The Hall–Kier alpha value is -1.65. The maximum Gasteiger partial charge on any atom is 0.183 e. The third kappa shape index (κ3) is 3.34. The lowest BCUT2D eigenvalue weighted by Gasteiger charge is -2.20. The van der Waals surface area contributed by atoms with Crippen molar-refractivity contribution in [3.63, 3.8) is 0 Å². The molecule has 0 amide bonds. The summed E-state index contributed by atoms with van der Waals surface area (Å²) in [6, 6.07) is 15.7. The van der Waals surface area contributed by atoms with Gasteiger partial charge in [-0.15, -0.1) is 0 Å². The topological polar surface area (TPSA) is 54.4 Å². The van der Waals surface area contributed by atoms with Crippen LogP contribution in [0.4, 0.5) is 0 Å². The van der Waals surface area contributed by atoms with Gasteiger partial charge < -0.3 is 5.11 Å². The van der Waals surface area contributed by atoms with Crippen LogP contribution in [-0.4, -0.2) is 18.8 Å². The molecule has 2 aromatic carbocycles. The average Bonchev–Trinajstić information content (AvgIpc) is 2.54. The lowest BCUT2D eigenvalue weighted by Crippen LogP contribution is -2.25. The summed E-state index contributed by atoms with van der Waals surface area (Å²) in [4.78, 5) is 0.238. The van der Waals surface area contributed by atoms with E-state index in [2.05, 4.69) is 0 Å². The van der Waals surface area contributed by atoms with Crippen molar-refractivity contribution in [2.24, 2.45) is 0 Å². The van der Waals surface area contributed by atoms with Crippen molar-refractivity contribution in [3.8, 4) is 0 Å². The van der Waals surface area contributed by atoms with Gasteiger partial charge in [0.2, 0.25) is 0 Å². The zero-order valence-electron chi connectivity index (χ0n) is 12.2. The fraction of sp³-hybridized carbons (Fsp3) is 0.294. The van der Waals surface area contributed by atoms with E-state index in [1.807, 2.05) is 19.1 Å². The smallest absolute Gasteiger partial charge is 0.183 e. The number of aryl methyl sites for hydroxylation is 1. The summed E-state index contributed by atoms with van der Waals surface area (Å²) >= 11 is 0. The second-order valence-corrected chi connectivity index (χ2v) is 7.41. The Labute approximate surface area is 126 Å². The second kappa shape index (κ2) is 6.41. The Morgan fingerprint density at radius 3 is 2.10 bits per heavy atom. The second-order valence-electron chi connectivity index (χ2n) is 5.10. The van der Waals surface area contributed by atoms with Crippen LogP contribution in [0.15, 0.2) is 59.5 Å². The Kier molecular flexibility index (Phi) is 4.80. The molecule has 0 saturated heterocycles. The normalized spacial score (nSPS) is 14.6. The molecule has 0 saturated carbocycles. The predicted molar refractivity (Wildman–Crippen MR) is 83.9 cm³/mol. The van der Waals surface area contributed by atoms with Gasteiger partial charge in [-0.05, 0) is 36.6 Å². The average molecular weight is 304 g/mol. The van der Waals surface area contributed by atoms with E-state index in [0.29, 0.717) is 5.56 Å². The van der Waals surface area contributed by atoms with E-state index >= 15 is 0 Å². The Morgan fingerprint density at radius 1 is 1.00 bits per heavy atom. The third-order valence-electron chi connectivity index (χ3n) is 3.74. The molecule has 21 heavy (non-hydrogen) atoms. The van der Waals surface area contributed by atoms with Gasteiger partial charge in [0.05, 0.1) is 16.2 Å². The number of hydrogen-bond acceptors (Lipinski definition) is 3. The molecule has 0 bridgehead atoms. The molecule has 2 aromatic rings. The van der Waals surface area contributed by atoms with E-state index in [1.165, 1.54) is 0 Å². The standard InChI is InChI=1S/C17H20O3S/c1-3-14-9-11-15(12-10-14)17(18)13(2)21(19,20)16-7-5-4-6-8-16/h4-13,17-18H,3H2,1-2H3. The Balaban J connectivity index is 2.27. The highest BCUT2D eigenvalue weighted by Crippen LogP contribution is 2.27. The van der Waals surface area contributed by atoms with Gasteiger partial charge in [-0.3, -0.25) is 0 Å². The zero-order valence-corrected chi connectivity index (χ0v) is 13.0. The number of sulfone groups is 1. The maximum absolute atomic E-state index is 12.5. The van der Waals surface area contributed by atoms with Gasteiger partial charge in [-0.25, -0.2) is 8.42 Å². The molecule has 3 nitrogen and oxygen atoms in total. The zero-order chi connectivity index (χ0) is 15.5. The van der Waals surface area contributed by atoms with Crippen molar-refractivity contribution in [3.05, 3.63) is 65.7 Å². The molecule has 4 heteroatoms. The van der Waals surface area contributed by atoms with Gasteiger partial charge in [0.25, 0.3) is 0 Å². The molecular formula is C17H20O3S. The Morgan fingerprint density at radius 2 is 1.57 bits per heavy atom. The van der Waals surface area contributed by atoms with Gasteiger partial charge in [-0.2, -0.15) is 0 Å². The van der Waals surface area contributed by atoms with Crippen molar-refractivity contribution in [2.45, 2.75) is 36.5 Å². The van der Waals surface area contributed by atoms with Crippen molar-refractivity contribution < 1.29 is 13.5 Å². The molecule has 0 aliphatic heterocycles. The summed E-state index contributed by atoms with van der Waals surface area (Å²) in [5.41, 5.74) is 1.78. The van der Waals surface area contributed by atoms with E-state index in [-0.39, 0.29) is 4.90 Å². The molecule has 2 rings (SSSR count). The monoisotopic (exact) mass is 304 g/mol. The first-order valence-corrected chi connectivity index (χ1v) is 8.57. The molecule has 0 fully saturated rings. The van der Waals surface area contributed by atoms with Gasteiger partial charge >= 0.3 is 0 Å². The van der Waals surface area contributed by atoms with Crippen LogP contribution in [0.3, 0.4) is 0 Å². The van der Waals surface area contributed by atoms with E-state index in [9.17, 15) is 13.5 Å². The van der Waals surface area contributed by atoms with Gasteiger partial charge in [-0.1, -0.05) is 49.4 Å². The van der Waals surface area contributed by atoms with E-state index in [1.54, 1.807) is 49.4 Å². The van der Waals surface area contributed by atoms with Crippen LogP contribution in [0.1, 0.15) is 31.1 Å². The molecule has 1 N–H and O–H groups in total. The highest BCUT2D eigenvalue weighted by atomic mass is 32.2. The van der Waals surface area contributed by atoms with Gasteiger partial charge in [0.15, 0.2) is 9.84 Å². The SMILES string of the molecule is CCc1ccc(C(O)C(C)S(=O)(=O)c2ccccc2)cc1. The van der Waals surface area contributed by atoms with Crippen LogP contribution >= 0.6 is 0 Å². The van der Waals surface area contributed by atoms with Crippen molar-refractivity contribution in [1.82, 2.24) is 0 Å². The summed E-state index contributed by atoms with van der Waals surface area (Å²) in [6.45, 7) is 3.59. The van der Waals surface area contributed by atoms with Crippen LogP contribution in [0, 0.1) is 0 Å². The number of benzene rings is 2. The number of rotatable bonds is 5. The van der Waals surface area contributed by atoms with Crippen molar-refractivity contribution >= 4 is 9.84 Å². The fourth-order valence-electron chi connectivity index (χ4n) is 2.22. The summed E-state index contributed by atoms with van der Waals surface area (Å²) in [7, 11) is -3.55. The van der Waals surface area contributed by atoms with Crippen LogP contribution in [-0.2, 0) is 16.3 Å². The summed E-state index contributed by atoms with van der Waals surface area (Å²) in [6.07, 6.45) is -0.130. The lowest BCUT2D eigenvalue weighted by atomic mass is 10.0. The number of hydrogen-bond donors (Lipinski definition) is 1. The largest absolute Gasteiger partial charge is 0.387 e. The quantitative estimate of drug-likeness (QED) is 0.923. The van der Waals surface area contributed by atoms with Gasteiger partial charge in [0.1, 0.15) is 0 Å². The summed E-state index contributed by atoms with van der Waals surface area (Å²) in [5.74, 6) is 0. The number of aliphatic hydroxyl groups excluding tert-OH is 1. The molecule has 0 heterocycles. The number of aliphatic hydroxyl groups is 1. The lowest BCUT2D eigenvalue weighted by molar-refractivity contribution is 0.176. The summed E-state index contributed by atoms with van der Waals surface area (Å²) in [5, 5.41) is 9.47. The molecule has 0 aliphatic rings. The molecule has 0 spiro atoms. The molecule has 2 atom stereocenters. The highest BCUT2D eigenvalue weighted by Gasteiger charge is 2.30. The maximum atomic E-state index is 12.5.